The van der Waals surface area contributed by atoms with Crippen molar-refractivity contribution < 1.29 is 18.4 Å². The third kappa shape index (κ3) is 4.84. The summed E-state index contributed by atoms with van der Waals surface area (Å²) in [5.74, 6) is -1.86. The standard InChI is InChI=1S/C22H21Cl2F2N5O2/c1-4-18(33)29-8-9-30(13(2)11-29)21(27-3)14-10-15(23)20(24)28-22(14)31(12-32)19-16(25)6-5-7-17(19)26/h4-7,10,12-13H,1,8-9,11H2,2-3H3/b27-21+. The van der Waals surface area contributed by atoms with E-state index in [1.807, 2.05) is 11.8 Å². The molecule has 2 heterocycles. The van der Waals surface area contributed by atoms with Crippen molar-refractivity contribution in [2.45, 2.75) is 13.0 Å². The predicted octanol–water partition coefficient (Wildman–Crippen LogP) is 4.06. The van der Waals surface area contributed by atoms with Gasteiger partial charge in [0.1, 0.15) is 28.3 Å². The van der Waals surface area contributed by atoms with Gasteiger partial charge in [0.25, 0.3) is 0 Å². The predicted molar refractivity (Wildman–Crippen MR) is 124 cm³/mol. The minimum absolute atomic E-state index is 0.0737. The maximum atomic E-state index is 14.5. The average Bonchev–Trinajstić information content (AvgIpc) is 2.79. The Morgan fingerprint density at radius 1 is 1.30 bits per heavy atom. The molecule has 2 aromatic rings. The Labute approximate surface area is 199 Å². The highest BCUT2D eigenvalue weighted by molar-refractivity contribution is 6.41. The van der Waals surface area contributed by atoms with E-state index in [0.717, 1.165) is 17.0 Å². The van der Waals surface area contributed by atoms with Crippen LogP contribution in [0.1, 0.15) is 12.5 Å². The van der Waals surface area contributed by atoms with Crippen molar-refractivity contribution in [2.24, 2.45) is 4.99 Å². The summed E-state index contributed by atoms with van der Waals surface area (Å²) in [5.41, 5.74) is -0.360. The number of aromatic nitrogens is 1. The summed E-state index contributed by atoms with van der Waals surface area (Å²) in [4.78, 5) is 36.8. The van der Waals surface area contributed by atoms with Gasteiger partial charge in [0.05, 0.1) is 10.6 Å². The van der Waals surface area contributed by atoms with E-state index in [1.165, 1.54) is 25.3 Å². The quantitative estimate of drug-likeness (QED) is 0.206. The first-order chi connectivity index (χ1) is 15.7. The van der Waals surface area contributed by atoms with E-state index >= 15 is 0 Å². The fourth-order valence-corrected chi connectivity index (χ4v) is 4.02. The number of hydrogen-bond donors (Lipinski definition) is 0. The highest BCUT2D eigenvalue weighted by Crippen LogP contribution is 2.35. The van der Waals surface area contributed by atoms with Crippen LogP contribution in [-0.2, 0) is 9.59 Å². The monoisotopic (exact) mass is 495 g/mol. The minimum Gasteiger partial charge on any atom is -0.350 e. The molecule has 0 spiro atoms. The number of amides is 2. The molecule has 0 aliphatic carbocycles. The molecule has 11 heteroatoms. The summed E-state index contributed by atoms with van der Waals surface area (Å²) in [6.07, 6.45) is 1.50. The van der Waals surface area contributed by atoms with Crippen LogP contribution in [0.25, 0.3) is 0 Å². The van der Waals surface area contributed by atoms with Crippen molar-refractivity contribution in [2.75, 3.05) is 31.6 Å². The summed E-state index contributed by atoms with van der Waals surface area (Å²) in [5, 5.41) is -0.0755. The number of anilines is 2. The number of carbonyl (C=O) groups excluding carboxylic acids is 2. The van der Waals surface area contributed by atoms with Gasteiger partial charge in [-0.1, -0.05) is 35.8 Å². The molecule has 0 bridgehead atoms. The third-order valence-corrected chi connectivity index (χ3v) is 5.94. The van der Waals surface area contributed by atoms with E-state index in [4.69, 9.17) is 23.2 Å². The van der Waals surface area contributed by atoms with Crippen LogP contribution in [0.4, 0.5) is 20.3 Å². The largest absolute Gasteiger partial charge is 0.350 e. The highest BCUT2D eigenvalue weighted by Gasteiger charge is 2.32. The molecule has 2 amide bonds. The van der Waals surface area contributed by atoms with Crippen molar-refractivity contribution >= 4 is 52.9 Å². The average molecular weight is 496 g/mol. The van der Waals surface area contributed by atoms with Crippen LogP contribution in [-0.4, -0.2) is 65.7 Å². The molecule has 1 aromatic carbocycles. The maximum absolute atomic E-state index is 14.5. The number of piperazine rings is 1. The first-order valence-electron chi connectivity index (χ1n) is 9.93. The molecule has 1 aromatic heterocycles. The van der Waals surface area contributed by atoms with Crippen LogP contribution in [0.5, 0.6) is 0 Å². The van der Waals surface area contributed by atoms with Gasteiger partial charge in [0.2, 0.25) is 12.3 Å². The van der Waals surface area contributed by atoms with Crippen molar-refractivity contribution in [1.29, 1.82) is 0 Å². The zero-order valence-electron chi connectivity index (χ0n) is 17.9. The first kappa shape index (κ1) is 24.6. The van der Waals surface area contributed by atoms with E-state index in [-0.39, 0.29) is 39.9 Å². The molecule has 1 atom stereocenters. The van der Waals surface area contributed by atoms with E-state index in [9.17, 15) is 18.4 Å². The van der Waals surface area contributed by atoms with Crippen LogP contribution in [0.15, 0.2) is 41.9 Å². The van der Waals surface area contributed by atoms with Gasteiger partial charge in [0.15, 0.2) is 5.82 Å². The van der Waals surface area contributed by atoms with Gasteiger partial charge in [-0.25, -0.2) is 13.8 Å². The minimum atomic E-state index is -0.958. The van der Waals surface area contributed by atoms with Crippen LogP contribution in [0, 0.1) is 11.6 Å². The molecule has 1 unspecified atom stereocenters. The molecule has 0 radical (unpaired) electrons. The van der Waals surface area contributed by atoms with Gasteiger partial charge in [-0.2, -0.15) is 0 Å². The number of aliphatic imine (C=N–C) groups is 1. The molecule has 1 fully saturated rings. The Balaban J connectivity index is 2.11. The molecular formula is C22H21Cl2F2N5O2. The van der Waals surface area contributed by atoms with Gasteiger partial charge < -0.3 is 9.80 Å². The summed E-state index contributed by atoms with van der Waals surface area (Å²) in [6, 6.07) is 4.50. The highest BCUT2D eigenvalue weighted by atomic mass is 35.5. The molecule has 1 aliphatic heterocycles. The topological polar surface area (TPSA) is 69.1 Å². The molecule has 174 valence electrons. The molecule has 0 saturated carbocycles. The Bertz CT molecular complexity index is 1110. The zero-order valence-corrected chi connectivity index (χ0v) is 19.4. The SMILES string of the molecule is C=CC(=O)N1CCN(/C(=N/C)c2cc(Cl)c(Cl)nc2N(C=O)c2c(F)cccc2F)C(C)C1. The van der Waals surface area contributed by atoms with Gasteiger partial charge in [-0.15, -0.1) is 0 Å². The first-order valence-corrected chi connectivity index (χ1v) is 10.7. The summed E-state index contributed by atoms with van der Waals surface area (Å²) in [7, 11) is 1.53. The van der Waals surface area contributed by atoms with Crippen molar-refractivity contribution in [3.63, 3.8) is 0 Å². The Hall–Kier alpha value is -3.04. The van der Waals surface area contributed by atoms with E-state index in [1.54, 1.807) is 4.90 Å². The van der Waals surface area contributed by atoms with Crippen molar-refractivity contribution in [3.05, 3.63) is 64.3 Å². The Morgan fingerprint density at radius 2 is 1.97 bits per heavy atom. The number of para-hydroxylation sites is 1. The van der Waals surface area contributed by atoms with E-state index in [0.29, 0.717) is 25.5 Å². The zero-order chi connectivity index (χ0) is 24.3. The molecule has 0 N–H and O–H groups in total. The number of rotatable bonds is 5. The summed E-state index contributed by atoms with van der Waals surface area (Å²) in [6.45, 7) is 6.61. The van der Waals surface area contributed by atoms with Crippen molar-refractivity contribution in [1.82, 2.24) is 14.8 Å². The second kappa shape index (κ2) is 10.3. The van der Waals surface area contributed by atoms with Gasteiger partial charge in [-0.3, -0.25) is 19.5 Å². The lowest BCUT2D eigenvalue weighted by molar-refractivity contribution is -0.128. The number of nitrogens with zero attached hydrogens (tertiary/aromatic N) is 5. The number of halogens is 4. The van der Waals surface area contributed by atoms with Crippen molar-refractivity contribution in [3.8, 4) is 0 Å². The van der Waals surface area contributed by atoms with Crippen LogP contribution in [0.3, 0.4) is 0 Å². The van der Waals surface area contributed by atoms with E-state index in [2.05, 4.69) is 16.6 Å². The molecule has 3 rings (SSSR count). The fourth-order valence-electron chi connectivity index (χ4n) is 3.74. The summed E-state index contributed by atoms with van der Waals surface area (Å²) >= 11 is 12.3. The maximum Gasteiger partial charge on any atom is 0.246 e. The Kier molecular flexibility index (Phi) is 7.65. The fraction of sp³-hybridized carbons (Fsp3) is 0.273. The van der Waals surface area contributed by atoms with Gasteiger partial charge >= 0.3 is 0 Å². The Morgan fingerprint density at radius 3 is 2.52 bits per heavy atom. The smallest absolute Gasteiger partial charge is 0.246 e. The van der Waals surface area contributed by atoms with Gasteiger partial charge in [-0.05, 0) is 31.2 Å². The number of benzene rings is 1. The lowest BCUT2D eigenvalue weighted by Crippen LogP contribution is -2.55. The normalized spacial score (nSPS) is 16.5. The lowest BCUT2D eigenvalue weighted by Gasteiger charge is -2.41. The summed E-state index contributed by atoms with van der Waals surface area (Å²) < 4.78 is 29.0. The van der Waals surface area contributed by atoms with Gasteiger partial charge in [0, 0.05) is 32.7 Å². The molecule has 33 heavy (non-hydrogen) atoms. The second-order valence-corrected chi connectivity index (χ2v) is 8.02. The molecular weight excluding hydrogens is 475 g/mol. The van der Waals surface area contributed by atoms with Crippen LogP contribution in [0.2, 0.25) is 10.2 Å². The molecule has 1 saturated heterocycles. The number of carbonyl (C=O) groups is 2. The number of pyridine rings is 1. The number of hydrogen-bond acceptors (Lipinski definition) is 4. The van der Waals surface area contributed by atoms with Crippen LogP contribution < -0.4 is 4.90 Å². The molecule has 7 nitrogen and oxygen atoms in total. The number of amidine groups is 1. The van der Waals surface area contributed by atoms with E-state index < -0.39 is 17.3 Å². The molecule has 1 aliphatic rings. The second-order valence-electron chi connectivity index (χ2n) is 7.26. The third-order valence-electron chi connectivity index (χ3n) is 5.26. The van der Waals surface area contributed by atoms with Crippen LogP contribution >= 0.6 is 23.2 Å². The lowest BCUT2D eigenvalue weighted by atomic mass is 10.1.